The van der Waals surface area contributed by atoms with Gasteiger partial charge in [0.15, 0.2) is 22.3 Å². The van der Waals surface area contributed by atoms with E-state index in [1.807, 2.05) is 30.4 Å². The van der Waals surface area contributed by atoms with E-state index in [9.17, 15) is 0 Å². The summed E-state index contributed by atoms with van der Waals surface area (Å²) in [5.74, 6) is 0.816. The molecule has 11 aromatic rings. The average Bonchev–Trinajstić information content (AvgIpc) is 3.93. The molecule has 0 fully saturated rings. The first kappa shape index (κ1) is 28.1. The minimum absolute atomic E-state index is 0.772. The number of aryl methyl sites for hydroxylation is 1. The van der Waals surface area contributed by atoms with Crippen LogP contribution in [-0.4, -0.2) is 0 Å². The van der Waals surface area contributed by atoms with E-state index >= 15 is 0 Å². The minimum Gasteiger partial charge on any atom is -0.452 e. The van der Waals surface area contributed by atoms with Crippen molar-refractivity contribution in [1.82, 2.24) is 0 Å². The first-order valence-electron chi connectivity index (χ1n) is 17.1. The SMILES string of the molecule is C=C/C=C\c1oc2c(ccc3c4cc(-c5ccc6ccc(-c7ccc8oc9c(ccc%10c%11ccccc%11oc%109)c8c7)cc6c5)ccc4oc32)c1C. The van der Waals surface area contributed by atoms with Gasteiger partial charge in [-0.25, -0.2) is 0 Å². The van der Waals surface area contributed by atoms with Crippen LogP contribution < -0.4 is 0 Å². The number of hydrogen-bond acceptors (Lipinski definition) is 4. The maximum Gasteiger partial charge on any atom is 0.178 e. The van der Waals surface area contributed by atoms with E-state index in [-0.39, 0.29) is 0 Å². The average molecular weight is 657 g/mol. The third-order valence-electron chi connectivity index (χ3n) is 10.5. The summed E-state index contributed by atoms with van der Waals surface area (Å²) >= 11 is 0. The van der Waals surface area contributed by atoms with E-state index in [1.165, 1.54) is 10.8 Å². The molecule has 0 aliphatic carbocycles. The lowest BCUT2D eigenvalue weighted by atomic mass is 9.96. The maximum atomic E-state index is 6.40. The van der Waals surface area contributed by atoms with Crippen molar-refractivity contribution in [2.75, 3.05) is 0 Å². The van der Waals surface area contributed by atoms with Crippen LogP contribution in [0.4, 0.5) is 0 Å². The summed E-state index contributed by atoms with van der Waals surface area (Å²) in [5.41, 5.74) is 11.3. The Kier molecular flexibility index (Phi) is 5.71. The number of fused-ring (bicyclic) bond motifs is 13. The van der Waals surface area contributed by atoms with Gasteiger partial charge in [-0.2, -0.15) is 0 Å². The van der Waals surface area contributed by atoms with E-state index in [0.717, 1.165) is 110 Å². The molecule has 0 radical (unpaired) electrons. The molecule has 7 aromatic carbocycles. The Morgan fingerprint density at radius 1 is 0.431 bits per heavy atom. The third-order valence-corrected chi connectivity index (χ3v) is 10.5. The smallest absolute Gasteiger partial charge is 0.178 e. The summed E-state index contributed by atoms with van der Waals surface area (Å²) in [7, 11) is 0. The van der Waals surface area contributed by atoms with E-state index in [4.69, 9.17) is 17.7 Å². The summed E-state index contributed by atoms with van der Waals surface area (Å²) in [4.78, 5) is 0. The molecule has 4 heterocycles. The second-order valence-corrected chi connectivity index (χ2v) is 13.3. The Balaban J connectivity index is 0.997. The Hall–Kier alpha value is -6.78. The number of hydrogen-bond donors (Lipinski definition) is 0. The molecule has 0 spiro atoms. The van der Waals surface area contributed by atoms with Crippen LogP contribution in [0.3, 0.4) is 0 Å². The molecule has 0 aliphatic rings. The summed E-state index contributed by atoms with van der Waals surface area (Å²) < 4.78 is 25.4. The van der Waals surface area contributed by atoms with Crippen LogP contribution in [0, 0.1) is 6.92 Å². The molecular formula is C47H28O4. The molecule has 4 nitrogen and oxygen atoms in total. The zero-order valence-electron chi connectivity index (χ0n) is 27.6. The number of rotatable bonds is 4. The highest BCUT2D eigenvalue weighted by atomic mass is 16.4. The molecule has 0 amide bonds. The van der Waals surface area contributed by atoms with Gasteiger partial charge in [0, 0.05) is 43.3 Å². The lowest BCUT2D eigenvalue weighted by Crippen LogP contribution is -1.82. The maximum absolute atomic E-state index is 6.40. The monoisotopic (exact) mass is 656 g/mol. The lowest BCUT2D eigenvalue weighted by Gasteiger charge is -2.08. The fraction of sp³-hybridized carbons (Fsp3) is 0.0213. The van der Waals surface area contributed by atoms with Gasteiger partial charge in [0.1, 0.15) is 22.5 Å². The first-order valence-corrected chi connectivity index (χ1v) is 17.1. The molecule has 0 unspecified atom stereocenters. The molecule has 0 bridgehead atoms. The topological polar surface area (TPSA) is 52.6 Å². The Morgan fingerprint density at radius 3 is 1.53 bits per heavy atom. The van der Waals surface area contributed by atoms with Gasteiger partial charge < -0.3 is 17.7 Å². The quantitative estimate of drug-likeness (QED) is 0.177. The third kappa shape index (κ3) is 4.08. The molecule has 0 atom stereocenters. The molecule has 0 saturated carbocycles. The van der Waals surface area contributed by atoms with Gasteiger partial charge in [-0.3, -0.25) is 0 Å². The van der Waals surface area contributed by atoms with Crippen molar-refractivity contribution in [3.8, 4) is 22.3 Å². The van der Waals surface area contributed by atoms with Gasteiger partial charge in [0.25, 0.3) is 0 Å². The summed E-state index contributed by atoms with van der Waals surface area (Å²) in [6.07, 6.45) is 5.58. The second kappa shape index (κ2) is 10.4. The number of furan rings is 4. The van der Waals surface area contributed by atoms with Gasteiger partial charge in [-0.05, 0) is 113 Å². The van der Waals surface area contributed by atoms with Crippen LogP contribution in [0.15, 0.2) is 158 Å². The molecule has 51 heavy (non-hydrogen) atoms. The molecular weight excluding hydrogens is 629 g/mol. The van der Waals surface area contributed by atoms with Crippen molar-refractivity contribution >= 4 is 93.6 Å². The highest BCUT2D eigenvalue weighted by Crippen LogP contribution is 2.41. The van der Waals surface area contributed by atoms with Gasteiger partial charge in [0.2, 0.25) is 0 Å². The fourth-order valence-electron chi connectivity index (χ4n) is 7.83. The Morgan fingerprint density at radius 2 is 0.922 bits per heavy atom. The summed E-state index contributed by atoms with van der Waals surface area (Å²) in [5, 5.41) is 9.82. The first-order chi connectivity index (χ1) is 25.1. The van der Waals surface area contributed by atoms with Gasteiger partial charge in [-0.1, -0.05) is 73.3 Å². The van der Waals surface area contributed by atoms with E-state index in [0.29, 0.717) is 0 Å². The van der Waals surface area contributed by atoms with Crippen molar-refractivity contribution < 1.29 is 17.7 Å². The second-order valence-electron chi connectivity index (χ2n) is 13.3. The van der Waals surface area contributed by atoms with Gasteiger partial charge in [-0.15, -0.1) is 0 Å². The van der Waals surface area contributed by atoms with E-state index in [2.05, 4.69) is 117 Å². The summed E-state index contributed by atoms with van der Waals surface area (Å²) in [6, 6.07) is 42.9. The number of para-hydroxylation sites is 1. The minimum atomic E-state index is 0.772. The fourth-order valence-corrected chi connectivity index (χ4v) is 7.83. The van der Waals surface area contributed by atoms with Crippen molar-refractivity contribution in [3.05, 3.63) is 151 Å². The van der Waals surface area contributed by atoms with Crippen LogP contribution in [0.25, 0.3) is 116 Å². The Labute approximate surface area is 291 Å². The standard InChI is InChI=1S/C47H28O4/c1-3-4-8-40-26(2)33-16-17-36-38-24-30(14-20-42(38)50-46(36)44(33)48-40)28-12-10-27-11-13-29(23-32(27)22-28)31-15-21-43-39(25-31)37-19-18-35-34-7-5-6-9-41(34)49-45(35)47(37)51-43/h3-25H,1H2,2H3/b8-4-. The molecule has 0 saturated heterocycles. The van der Waals surface area contributed by atoms with Crippen LogP contribution >= 0.6 is 0 Å². The van der Waals surface area contributed by atoms with Crippen molar-refractivity contribution in [2.24, 2.45) is 0 Å². The van der Waals surface area contributed by atoms with Crippen LogP contribution in [-0.2, 0) is 0 Å². The summed E-state index contributed by atoms with van der Waals surface area (Å²) in [6.45, 7) is 5.86. The highest BCUT2D eigenvalue weighted by Gasteiger charge is 2.18. The van der Waals surface area contributed by atoms with Crippen LogP contribution in [0.1, 0.15) is 11.3 Å². The lowest BCUT2D eigenvalue weighted by molar-refractivity contribution is 0.588. The number of allylic oxidation sites excluding steroid dienone is 2. The highest BCUT2D eigenvalue weighted by molar-refractivity contribution is 6.19. The molecule has 4 heteroatoms. The van der Waals surface area contributed by atoms with Crippen LogP contribution in [0.5, 0.6) is 0 Å². The zero-order valence-corrected chi connectivity index (χ0v) is 27.6. The van der Waals surface area contributed by atoms with Gasteiger partial charge in [0.05, 0.1) is 0 Å². The predicted octanol–water partition coefficient (Wildman–Crippen LogP) is 14.1. The predicted molar refractivity (Wildman–Crippen MR) is 210 cm³/mol. The van der Waals surface area contributed by atoms with Crippen molar-refractivity contribution in [1.29, 1.82) is 0 Å². The van der Waals surface area contributed by atoms with Crippen molar-refractivity contribution in [2.45, 2.75) is 6.92 Å². The van der Waals surface area contributed by atoms with E-state index < -0.39 is 0 Å². The molecule has 240 valence electrons. The largest absolute Gasteiger partial charge is 0.452 e. The van der Waals surface area contributed by atoms with Crippen LogP contribution in [0.2, 0.25) is 0 Å². The molecule has 11 rings (SSSR count). The normalized spacial score (nSPS) is 12.4. The molecule has 4 aromatic heterocycles. The zero-order chi connectivity index (χ0) is 33.8. The Bertz CT molecular complexity index is 3280. The number of benzene rings is 7. The van der Waals surface area contributed by atoms with Gasteiger partial charge >= 0.3 is 0 Å². The van der Waals surface area contributed by atoms with E-state index in [1.54, 1.807) is 6.08 Å². The molecule has 0 N–H and O–H groups in total. The molecule has 0 aliphatic heterocycles. The van der Waals surface area contributed by atoms with Crippen molar-refractivity contribution in [3.63, 3.8) is 0 Å².